The van der Waals surface area contributed by atoms with Crippen molar-refractivity contribution in [3.63, 3.8) is 0 Å². The van der Waals surface area contributed by atoms with Crippen molar-refractivity contribution in [1.29, 1.82) is 0 Å². The molecule has 0 aromatic carbocycles. The van der Waals surface area contributed by atoms with E-state index in [1.54, 1.807) is 14.2 Å². The van der Waals surface area contributed by atoms with E-state index in [1.807, 2.05) is 0 Å². The van der Waals surface area contributed by atoms with E-state index in [4.69, 9.17) is 9.47 Å². The second kappa shape index (κ2) is 13.1. The average molecular weight is 478 g/mol. The van der Waals surface area contributed by atoms with Crippen molar-refractivity contribution >= 4 is 40.0 Å². The SMILES string of the molecule is CN=C(NCCCNS(C)(=O)=O)N1CCC(COCCOC)C1.I. The molecule has 0 saturated carbocycles. The number of ether oxygens (including phenoxy) is 2. The van der Waals surface area contributed by atoms with Crippen molar-refractivity contribution in [2.45, 2.75) is 12.8 Å². The highest BCUT2D eigenvalue weighted by Crippen LogP contribution is 2.16. The predicted molar refractivity (Wildman–Crippen MR) is 107 cm³/mol. The number of hydrogen-bond acceptors (Lipinski definition) is 5. The molecule has 1 aliphatic rings. The van der Waals surface area contributed by atoms with E-state index in [0.717, 1.165) is 32.1 Å². The van der Waals surface area contributed by atoms with E-state index in [-0.39, 0.29) is 24.0 Å². The predicted octanol–water partition coefficient (Wildman–Crippen LogP) is 0.104. The first-order valence-electron chi connectivity index (χ1n) is 7.93. The summed E-state index contributed by atoms with van der Waals surface area (Å²) in [5.74, 6) is 1.38. The Labute approximate surface area is 162 Å². The zero-order valence-electron chi connectivity index (χ0n) is 14.8. The number of likely N-dealkylation sites (tertiary alicyclic amines) is 1. The summed E-state index contributed by atoms with van der Waals surface area (Å²) < 4.78 is 35.0. The summed E-state index contributed by atoms with van der Waals surface area (Å²) in [6, 6.07) is 0. The molecule has 0 radical (unpaired) electrons. The number of guanidine groups is 1. The summed E-state index contributed by atoms with van der Waals surface area (Å²) in [7, 11) is 0.324. The van der Waals surface area contributed by atoms with Crippen molar-refractivity contribution in [3.05, 3.63) is 0 Å². The Bertz CT molecular complexity index is 462. The summed E-state index contributed by atoms with van der Waals surface area (Å²) in [6.45, 7) is 5.00. The van der Waals surface area contributed by atoms with Crippen LogP contribution in [0, 0.1) is 5.92 Å². The summed E-state index contributed by atoms with van der Waals surface area (Å²) in [5, 5.41) is 3.27. The van der Waals surface area contributed by atoms with Crippen LogP contribution in [-0.4, -0.2) is 85.7 Å². The van der Waals surface area contributed by atoms with Crippen LogP contribution in [-0.2, 0) is 19.5 Å². The van der Waals surface area contributed by atoms with Gasteiger partial charge in [-0.25, -0.2) is 13.1 Å². The van der Waals surface area contributed by atoms with Crippen molar-refractivity contribution < 1.29 is 17.9 Å². The zero-order chi connectivity index (χ0) is 17.1. The van der Waals surface area contributed by atoms with Gasteiger partial charge in [-0.1, -0.05) is 0 Å². The van der Waals surface area contributed by atoms with Gasteiger partial charge in [0.15, 0.2) is 5.96 Å². The van der Waals surface area contributed by atoms with Gasteiger partial charge in [0.25, 0.3) is 0 Å². The molecule has 1 aliphatic heterocycles. The van der Waals surface area contributed by atoms with E-state index in [1.165, 1.54) is 6.26 Å². The van der Waals surface area contributed by atoms with Crippen LogP contribution in [0.4, 0.5) is 0 Å². The Balaban J connectivity index is 0.00000529. The summed E-state index contributed by atoms with van der Waals surface area (Å²) in [4.78, 5) is 6.51. The normalized spacial score (nSPS) is 18.5. The Morgan fingerprint density at radius 3 is 2.71 bits per heavy atom. The average Bonchev–Trinajstić information content (AvgIpc) is 2.95. The molecule has 1 unspecified atom stereocenters. The molecule has 8 nitrogen and oxygen atoms in total. The van der Waals surface area contributed by atoms with Gasteiger partial charge < -0.3 is 19.7 Å². The van der Waals surface area contributed by atoms with Crippen LogP contribution in [0.3, 0.4) is 0 Å². The lowest BCUT2D eigenvalue weighted by Gasteiger charge is -2.21. The third kappa shape index (κ3) is 10.6. The van der Waals surface area contributed by atoms with Crippen molar-refractivity contribution in [2.75, 3.05) is 66.4 Å². The number of halogens is 1. The molecule has 10 heteroatoms. The van der Waals surface area contributed by atoms with Crippen molar-refractivity contribution in [1.82, 2.24) is 14.9 Å². The number of nitrogens with one attached hydrogen (secondary N) is 2. The number of hydrogen-bond donors (Lipinski definition) is 2. The smallest absolute Gasteiger partial charge is 0.208 e. The number of aliphatic imine (C=N–C) groups is 1. The Kier molecular flexibility index (Phi) is 13.0. The van der Waals surface area contributed by atoms with E-state index in [0.29, 0.717) is 38.6 Å². The van der Waals surface area contributed by atoms with Crippen molar-refractivity contribution in [3.8, 4) is 0 Å². The van der Waals surface area contributed by atoms with Gasteiger partial charge in [0.2, 0.25) is 10.0 Å². The standard InChI is InChI=1S/C14H30N4O4S.HI/c1-15-14(16-6-4-7-17-23(3,19)20)18-8-5-13(11-18)12-22-10-9-21-2;/h13,17H,4-12H2,1-3H3,(H,15,16);1H. The fourth-order valence-corrected chi connectivity index (χ4v) is 2.95. The molecule has 24 heavy (non-hydrogen) atoms. The van der Waals surface area contributed by atoms with E-state index >= 15 is 0 Å². The number of sulfonamides is 1. The Hall–Kier alpha value is -0.170. The number of rotatable bonds is 10. The molecule has 0 amide bonds. The maximum Gasteiger partial charge on any atom is 0.208 e. The second-order valence-corrected chi connectivity index (χ2v) is 7.50. The van der Waals surface area contributed by atoms with Gasteiger partial charge in [0, 0.05) is 46.3 Å². The van der Waals surface area contributed by atoms with Crippen LogP contribution in [0.15, 0.2) is 4.99 Å². The minimum absolute atomic E-state index is 0. The molecule has 1 fully saturated rings. The quantitative estimate of drug-likeness (QED) is 0.200. The molecule has 0 aliphatic carbocycles. The Morgan fingerprint density at radius 2 is 2.08 bits per heavy atom. The third-order valence-electron chi connectivity index (χ3n) is 3.58. The van der Waals surface area contributed by atoms with E-state index < -0.39 is 10.0 Å². The largest absolute Gasteiger partial charge is 0.382 e. The van der Waals surface area contributed by atoms with Gasteiger partial charge in [-0.05, 0) is 12.8 Å². The molecule has 144 valence electrons. The molecule has 0 bridgehead atoms. The highest BCUT2D eigenvalue weighted by Gasteiger charge is 2.24. The van der Waals surface area contributed by atoms with Gasteiger partial charge in [0.1, 0.15) is 0 Å². The summed E-state index contributed by atoms with van der Waals surface area (Å²) in [5.41, 5.74) is 0. The van der Waals surface area contributed by atoms with Crippen LogP contribution in [0.2, 0.25) is 0 Å². The molecule has 1 atom stereocenters. The minimum atomic E-state index is -3.11. The van der Waals surface area contributed by atoms with Crippen LogP contribution in [0.5, 0.6) is 0 Å². The fourth-order valence-electron chi connectivity index (χ4n) is 2.43. The van der Waals surface area contributed by atoms with Gasteiger partial charge >= 0.3 is 0 Å². The van der Waals surface area contributed by atoms with Gasteiger partial charge in [-0.3, -0.25) is 4.99 Å². The fraction of sp³-hybridized carbons (Fsp3) is 0.929. The monoisotopic (exact) mass is 478 g/mol. The van der Waals surface area contributed by atoms with Crippen molar-refractivity contribution in [2.24, 2.45) is 10.9 Å². The van der Waals surface area contributed by atoms with Crippen LogP contribution >= 0.6 is 24.0 Å². The molecule has 1 heterocycles. The molecule has 0 aromatic rings. The molecule has 0 spiro atoms. The minimum Gasteiger partial charge on any atom is -0.382 e. The summed E-state index contributed by atoms with van der Waals surface area (Å²) >= 11 is 0. The van der Waals surface area contributed by atoms with Crippen LogP contribution < -0.4 is 10.0 Å². The van der Waals surface area contributed by atoms with Gasteiger partial charge in [-0.2, -0.15) is 0 Å². The lowest BCUT2D eigenvalue weighted by atomic mass is 10.1. The Morgan fingerprint density at radius 1 is 1.33 bits per heavy atom. The highest BCUT2D eigenvalue weighted by molar-refractivity contribution is 14.0. The molecule has 1 rings (SSSR count). The highest BCUT2D eigenvalue weighted by atomic mass is 127. The number of nitrogens with zero attached hydrogens (tertiary/aromatic N) is 2. The maximum absolute atomic E-state index is 11.0. The van der Waals surface area contributed by atoms with Gasteiger partial charge in [-0.15, -0.1) is 24.0 Å². The molecular weight excluding hydrogens is 447 g/mol. The second-order valence-electron chi connectivity index (χ2n) is 5.66. The first kappa shape index (κ1) is 23.8. The van der Waals surface area contributed by atoms with E-state index in [2.05, 4.69) is 19.9 Å². The van der Waals surface area contributed by atoms with Crippen LogP contribution in [0.25, 0.3) is 0 Å². The topological polar surface area (TPSA) is 92.3 Å². The third-order valence-corrected chi connectivity index (χ3v) is 4.31. The van der Waals surface area contributed by atoms with Crippen LogP contribution in [0.1, 0.15) is 12.8 Å². The maximum atomic E-state index is 11.0. The zero-order valence-corrected chi connectivity index (χ0v) is 17.9. The molecular formula is C14H31IN4O4S. The molecule has 1 saturated heterocycles. The van der Waals surface area contributed by atoms with Gasteiger partial charge in [0.05, 0.1) is 26.1 Å². The molecule has 2 N–H and O–H groups in total. The molecule has 0 aromatic heterocycles. The number of methoxy groups -OCH3 is 1. The summed E-state index contributed by atoms with van der Waals surface area (Å²) in [6.07, 6.45) is 2.96. The lowest BCUT2D eigenvalue weighted by Crippen LogP contribution is -2.41. The lowest BCUT2D eigenvalue weighted by molar-refractivity contribution is 0.0536. The first-order chi connectivity index (χ1) is 11.0. The van der Waals surface area contributed by atoms with E-state index in [9.17, 15) is 8.42 Å². The first-order valence-corrected chi connectivity index (χ1v) is 9.82.